The topological polar surface area (TPSA) is 69.9 Å². The molecular formula is C28H29ClN2O4S2. The molecule has 1 aliphatic rings. The molecule has 1 aromatic heterocycles. The number of nitrogens with zero attached hydrogens (tertiary/aromatic N) is 2. The lowest BCUT2D eigenvalue weighted by molar-refractivity contribution is -0.143. The van der Waals surface area contributed by atoms with Gasteiger partial charge in [0.2, 0.25) is 0 Å². The van der Waals surface area contributed by atoms with Crippen LogP contribution in [0.2, 0.25) is 5.02 Å². The van der Waals surface area contributed by atoms with Gasteiger partial charge in [-0.1, -0.05) is 35.1 Å². The highest BCUT2D eigenvalue weighted by molar-refractivity contribution is 7.98. The molecule has 2 heterocycles. The molecule has 0 fully saturated rings. The normalized spacial score (nSPS) is 15.7. The van der Waals surface area contributed by atoms with Crippen molar-refractivity contribution < 1.29 is 14.3 Å². The van der Waals surface area contributed by atoms with Gasteiger partial charge in [0.25, 0.3) is 5.56 Å². The van der Waals surface area contributed by atoms with Crippen molar-refractivity contribution in [3.63, 3.8) is 0 Å². The van der Waals surface area contributed by atoms with Gasteiger partial charge in [0.05, 0.1) is 34.1 Å². The van der Waals surface area contributed by atoms with Crippen molar-refractivity contribution in [1.82, 2.24) is 4.57 Å². The highest BCUT2D eigenvalue weighted by Crippen LogP contribution is 2.32. The molecule has 0 saturated heterocycles. The Morgan fingerprint density at radius 1 is 1.14 bits per heavy atom. The minimum Gasteiger partial charge on any atom is -0.490 e. The summed E-state index contributed by atoms with van der Waals surface area (Å²) in [7, 11) is 0. The zero-order valence-corrected chi connectivity index (χ0v) is 24.0. The van der Waals surface area contributed by atoms with E-state index in [9.17, 15) is 9.59 Å². The number of benzene rings is 2. The largest absolute Gasteiger partial charge is 0.490 e. The molecule has 6 nitrogen and oxygen atoms in total. The van der Waals surface area contributed by atoms with E-state index in [4.69, 9.17) is 21.1 Å². The Hall–Kier alpha value is -2.81. The molecule has 0 saturated carbocycles. The molecule has 0 unspecified atom stereocenters. The number of halogens is 1. The molecule has 0 spiro atoms. The Bertz CT molecular complexity index is 1540. The third-order valence-corrected chi connectivity index (χ3v) is 7.60. The first-order valence-electron chi connectivity index (χ1n) is 11.9. The van der Waals surface area contributed by atoms with Gasteiger partial charge in [-0.15, -0.1) is 11.8 Å². The quantitative estimate of drug-likeness (QED) is 0.290. The van der Waals surface area contributed by atoms with Crippen LogP contribution in [0, 0.1) is 0 Å². The maximum absolute atomic E-state index is 13.9. The highest BCUT2D eigenvalue weighted by Gasteiger charge is 2.33. The van der Waals surface area contributed by atoms with Crippen molar-refractivity contribution in [2.45, 2.75) is 57.8 Å². The summed E-state index contributed by atoms with van der Waals surface area (Å²) in [6.07, 6.45) is 3.42. The fraction of sp³-hybridized carbons (Fsp3) is 0.321. The Morgan fingerprint density at radius 3 is 2.46 bits per heavy atom. The molecule has 9 heteroatoms. The van der Waals surface area contributed by atoms with Crippen LogP contribution in [0.1, 0.15) is 51.8 Å². The second-order valence-electron chi connectivity index (χ2n) is 9.16. The van der Waals surface area contributed by atoms with Gasteiger partial charge in [-0.2, -0.15) is 0 Å². The van der Waals surface area contributed by atoms with Gasteiger partial charge in [0, 0.05) is 15.5 Å². The van der Waals surface area contributed by atoms with Gasteiger partial charge in [0.1, 0.15) is 5.75 Å². The summed E-state index contributed by atoms with van der Waals surface area (Å²) in [5.74, 6) is 0.152. The van der Waals surface area contributed by atoms with E-state index in [1.54, 1.807) is 61.4 Å². The minimum absolute atomic E-state index is 0.0454. The van der Waals surface area contributed by atoms with Crippen LogP contribution < -0.4 is 19.6 Å². The van der Waals surface area contributed by atoms with Crippen molar-refractivity contribution in [2.24, 2.45) is 4.99 Å². The molecular weight excluding hydrogens is 528 g/mol. The molecule has 0 N–H and O–H groups in total. The maximum atomic E-state index is 13.9. The van der Waals surface area contributed by atoms with Crippen LogP contribution in [0.15, 0.2) is 68.4 Å². The van der Waals surface area contributed by atoms with Crippen molar-refractivity contribution in [2.75, 3.05) is 6.26 Å². The third kappa shape index (κ3) is 5.87. The Kier molecular flexibility index (Phi) is 8.31. The molecule has 2 aromatic carbocycles. The molecule has 0 radical (unpaired) electrons. The van der Waals surface area contributed by atoms with Crippen molar-refractivity contribution in [3.8, 4) is 5.75 Å². The molecule has 194 valence electrons. The predicted molar refractivity (Wildman–Crippen MR) is 150 cm³/mol. The zero-order chi connectivity index (χ0) is 26.9. The second-order valence-corrected chi connectivity index (χ2v) is 11.5. The number of hydrogen-bond donors (Lipinski definition) is 0. The standard InChI is InChI=1S/C28H29ClN2O4S2/c1-15(2)34-22-12-9-20(29)13-19(22)14-23-26(32)31-25(18-7-10-21(36-6)11-8-18)24(27(33)35-16(3)4)17(5)30-28(31)37-23/h7-16,25H,1-6H3/b23-14-/t25-/m1/s1. The van der Waals surface area contributed by atoms with E-state index in [-0.39, 0.29) is 17.8 Å². The van der Waals surface area contributed by atoms with Crippen LogP contribution in [0.3, 0.4) is 0 Å². The lowest BCUT2D eigenvalue weighted by Crippen LogP contribution is -2.40. The van der Waals surface area contributed by atoms with Crippen LogP contribution in [0.5, 0.6) is 5.75 Å². The van der Waals surface area contributed by atoms with E-state index in [1.807, 2.05) is 44.4 Å². The number of allylic oxidation sites excluding steroid dienone is 1. The monoisotopic (exact) mass is 556 g/mol. The first kappa shape index (κ1) is 27.2. The summed E-state index contributed by atoms with van der Waals surface area (Å²) in [5, 5.41) is 0.538. The van der Waals surface area contributed by atoms with E-state index >= 15 is 0 Å². The Morgan fingerprint density at radius 2 is 1.84 bits per heavy atom. The molecule has 0 bridgehead atoms. The number of carbonyl (C=O) groups is 1. The van der Waals surface area contributed by atoms with Crippen LogP contribution in [-0.2, 0) is 9.53 Å². The number of carbonyl (C=O) groups excluding carboxylic acids is 1. The summed E-state index contributed by atoms with van der Waals surface area (Å²) in [4.78, 5) is 33.4. The van der Waals surface area contributed by atoms with E-state index in [0.29, 0.717) is 36.9 Å². The van der Waals surface area contributed by atoms with Crippen LogP contribution in [-0.4, -0.2) is 29.0 Å². The lowest BCUT2D eigenvalue weighted by Gasteiger charge is -2.25. The number of fused-ring (bicyclic) bond motifs is 1. The molecule has 37 heavy (non-hydrogen) atoms. The van der Waals surface area contributed by atoms with Crippen molar-refractivity contribution in [1.29, 1.82) is 0 Å². The number of thioether (sulfide) groups is 1. The van der Waals surface area contributed by atoms with Gasteiger partial charge in [-0.05, 0) is 82.8 Å². The van der Waals surface area contributed by atoms with Crippen LogP contribution in [0.4, 0.5) is 0 Å². The van der Waals surface area contributed by atoms with Gasteiger partial charge in [-0.25, -0.2) is 9.79 Å². The zero-order valence-electron chi connectivity index (χ0n) is 21.6. The predicted octanol–water partition coefficient (Wildman–Crippen LogP) is 5.35. The van der Waals surface area contributed by atoms with Gasteiger partial charge >= 0.3 is 5.97 Å². The third-order valence-electron chi connectivity index (χ3n) is 5.64. The Balaban J connectivity index is 1.94. The van der Waals surface area contributed by atoms with Crippen LogP contribution >= 0.6 is 34.7 Å². The Labute approximate surface area is 229 Å². The fourth-order valence-electron chi connectivity index (χ4n) is 4.10. The van der Waals surface area contributed by atoms with E-state index in [0.717, 1.165) is 10.5 Å². The average Bonchev–Trinajstić information content (AvgIpc) is 3.13. The fourth-order valence-corrected chi connectivity index (χ4v) is 5.72. The second kappa shape index (κ2) is 11.3. The smallest absolute Gasteiger partial charge is 0.338 e. The summed E-state index contributed by atoms with van der Waals surface area (Å²) < 4.78 is 13.6. The minimum atomic E-state index is -0.661. The van der Waals surface area contributed by atoms with Gasteiger partial charge in [-0.3, -0.25) is 9.36 Å². The van der Waals surface area contributed by atoms with Gasteiger partial charge in [0.15, 0.2) is 4.80 Å². The summed E-state index contributed by atoms with van der Waals surface area (Å²) in [5.41, 5.74) is 2.14. The first-order valence-corrected chi connectivity index (χ1v) is 14.3. The molecule has 1 atom stereocenters. The molecule has 0 amide bonds. The van der Waals surface area contributed by atoms with E-state index in [1.165, 1.54) is 11.3 Å². The maximum Gasteiger partial charge on any atom is 0.338 e. The van der Waals surface area contributed by atoms with Gasteiger partial charge < -0.3 is 9.47 Å². The molecule has 4 rings (SSSR count). The SMILES string of the molecule is CSc1ccc([C@@H]2C(C(=O)OC(C)C)=C(C)N=c3s/c(=C\c4cc(Cl)ccc4OC(C)C)c(=O)n32)cc1. The molecule has 3 aromatic rings. The van der Waals surface area contributed by atoms with Crippen molar-refractivity contribution in [3.05, 3.63) is 89.6 Å². The number of ether oxygens (including phenoxy) is 2. The summed E-state index contributed by atoms with van der Waals surface area (Å²) in [6, 6.07) is 12.5. The number of esters is 1. The van der Waals surface area contributed by atoms with Crippen LogP contribution in [0.25, 0.3) is 6.08 Å². The van der Waals surface area contributed by atoms with E-state index in [2.05, 4.69) is 4.99 Å². The van der Waals surface area contributed by atoms with E-state index < -0.39 is 12.0 Å². The number of rotatable bonds is 7. The molecule has 0 aliphatic carbocycles. The number of hydrogen-bond acceptors (Lipinski definition) is 7. The van der Waals surface area contributed by atoms with Crippen molar-refractivity contribution >= 4 is 46.7 Å². The lowest BCUT2D eigenvalue weighted by atomic mass is 9.96. The number of aromatic nitrogens is 1. The highest BCUT2D eigenvalue weighted by atomic mass is 35.5. The average molecular weight is 557 g/mol. The summed E-state index contributed by atoms with van der Waals surface area (Å²) in [6.45, 7) is 9.26. The summed E-state index contributed by atoms with van der Waals surface area (Å²) >= 11 is 9.16. The first-order chi connectivity index (χ1) is 17.6. The number of thiazole rings is 1. The molecule has 1 aliphatic heterocycles.